The molecule has 0 amide bonds. The first-order valence-corrected chi connectivity index (χ1v) is 9.43. The van der Waals surface area contributed by atoms with E-state index in [1.807, 2.05) is 13.8 Å². The Hall–Kier alpha value is -0.180. The van der Waals surface area contributed by atoms with Crippen molar-refractivity contribution in [3.63, 3.8) is 0 Å². The molecule has 108 valence electrons. The van der Waals surface area contributed by atoms with E-state index in [0.29, 0.717) is 5.92 Å². The van der Waals surface area contributed by atoms with Gasteiger partial charge in [0.2, 0.25) is 10.0 Å². The second-order valence-electron chi connectivity index (χ2n) is 5.31. The lowest BCUT2D eigenvalue weighted by Gasteiger charge is -2.17. The van der Waals surface area contributed by atoms with Crippen molar-refractivity contribution in [2.75, 3.05) is 18.1 Å². The summed E-state index contributed by atoms with van der Waals surface area (Å²) in [6, 6.07) is -0.238. The number of sulfone groups is 1. The Morgan fingerprint density at radius 3 is 2.44 bits per heavy atom. The van der Waals surface area contributed by atoms with Crippen LogP contribution in [-0.2, 0) is 19.9 Å². The summed E-state index contributed by atoms with van der Waals surface area (Å²) in [6.45, 7) is 4.19. The lowest BCUT2D eigenvalue weighted by molar-refractivity contribution is 0.484. The van der Waals surface area contributed by atoms with E-state index in [0.717, 1.165) is 6.42 Å². The van der Waals surface area contributed by atoms with E-state index < -0.39 is 25.1 Å². The first kappa shape index (κ1) is 15.9. The van der Waals surface area contributed by atoms with Crippen LogP contribution in [0.1, 0.15) is 26.7 Å². The van der Waals surface area contributed by atoms with Gasteiger partial charge in [-0.25, -0.2) is 21.6 Å². The molecule has 1 aliphatic heterocycles. The third-order valence-electron chi connectivity index (χ3n) is 2.95. The Morgan fingerprint density at radius 2 is 2.00 bits per heavy atom. The molecule has 0 aliphatic carbocycles. The van der Waals surface area contributed by atoms with Gasteiger partial charge in [-0.2, -0.15) is 0 Å². The fourth-order valence-corrected chi connectivity index (χ4v) is 6.18. The van der Waals surface area contributed by atoms with E-state index in [4.69, 9.17) is 5.73 Å². The quantitative estimate of drug-likeness (QED) is 0.685. The van der Waals surface area contributed by atoms with Crippen LogP contribution < -0.4 is 10.5 Å². The number of rotatable bonds is 6. The van der Waals surface area contributed by atoms with Gasteiger partial charge in [0.05, 0.1) is 16.8 Å². The number of nitrogens with one attached hydrogen (secondary N) is 1. The van der Waals surface area contributed by atoms with Gasteiger partial charge in [-0.3, -0.25) is 0 Å². The Balaban J connectivity index is 2.51. The lowest BCUT2D eigenvalue weighted by atomic mass is 10.1. The highest BCUT2D eigenvalue weighted by atomic mass is 32.2. The molecule has 0 spiro atoms. The summed E-state index contributed by atoms with van der Waals surface area (Å²) in [5.74, 6) is 0.0784. The summed E-state index contributed by atoms with van der Waals surface area (Å²) < 4.78 is 48.7. The van der Waals surface area contributed by atoms with Crippen molar-refractivity contribution in [3.8, 4) is 0 Å². The fraction of sp³-hybridized carbons (Fsp3) is 1.00. The molecule has 3 N–H and O–H groups in total. The first-order chi connectivity index (χ1) is 8.12. The second kappa shape index (κ2) is 5.85. The molecule has 0 radical (unpaired) electrons. The molecule has 18 heavy (non-hydrogen) atoms. The monoisotopic (exact) mass is 298 g/mol. The van der Waals surface area contributed by atoms with Crippen LogP contribution in [0.25, 0.3) is 0 Å². The predicted molar refractivity (Wildman–Crippen MR) is 71.4 cm³/mol. The number of nitrogens with two attached hydrogens (primary N) is 1. The van der Waals surface area contributed by atoms with E-state index in [-0.39, 0.29) is 30.5 Å². The average molecular weight is 298 g/mol. The van der Waals surface area contributed by atoms with Crippen LogP contribution in [0.2, 0.25) is 0 Å². The largest absolute Gasteiger partial charge is 0.327 e. The molecule has 2 atom stereocenters. The Labute approximate surface area is 109 Å². The molecule has 0 aromatic rings. The molecule has 2 unspecified atom stereocenters. The van der Waals surface area contributed by atoms with E-state index in [9.17, 15) is 16.8 Å². The van der Waals surface area contributed by atoms with Crippen LogP contribution in [0.15, 0.2) is 0 Å². The second-order valence-corrected chi connectivity index (χ2v) is 9.58. The smallest absolute Gasteiger partial charge is 0.215 e. The summed E-state index contributed by atoms with van der Waals surface area (Å²) in [4.78, 5) is 0. The molecule has 1 aliphatic rings. The summed E-state index contributed by atoms with van der Waals surface area (Å²) in [7, 11) is -6.76. The topological polar surface area (TPSA) is 106 Å². The van der Waals surface area contributed by atoms with E-state index in [1.165, 1.54) is 0 Å². The molecular formula is C10H22N2O4S2. The van der Waals surface area contributed by atoms with Gasteiger partial charge in [0.1, 0.15) is 0 Å². The average Bonchev–Trinajstić information content (AvgIpc) is 2.56. The zero-order valence-electron chi connectivity index (χ0n) is 10.8. The fourth-order valence-electron chi connectivity index (χ4n) is 2.04. The molecular weight excluding hydrogens is 276 g/mol. The molecule has 1 rings (SSSR count). The molecule has 0 bridgehead atoms. The maximum atomic E-state index is 11.9. The first-order valence-electron chi connectivity index (χ1n) is 6.07. The van der Waals surface area contributed by atoms with Crippen molar-refractivity contribution in [3.05, 3.63) is 0 Å². The van der Waals surface area contributed by atoms with Crippen molar-refractivity contribution in [1.82, 2.24) is 4.72 Å². The summed E-state index contributed by atoms with van der Waals surface area (Å²) in [5, 5.41) is -0.825. The Morgan fingerprint density at radius 1 is 1.39 bits per heavy atom. The predicted octanol–water partition coefficient (Wildman–Crippen LogP) is -0.534. The molecule has 1 saturated heterocycles. The zero-order valence-corrected chi connectivity index (χ0v) is 12.4. The third-order valence-corrected chi connectivity index (χ3v) is 6.78. The summed E-state index contributed by atoms with van der Waals surface area (Å²) in [5.41, 5.74) is 5.79. The van der Waals surface area contributed by atoms with Crippen molar-refractivity contribution in [2.45, 2.75) is 38.0 Å². The Bertz CT molecular complexity index is 470. The highest BCUT2D eigenvalue weighted by molar-refractivity contribution is 7.95. The van der Waals surface area contributed by atoms with Crippen LogP contribution in [0, 0.1) is 5.92 Å². The minimum absolute atomic E-state index is 0.0450. The molecule has 6 nitrogen and oxygen atoms in total. The molecule has 1 heterocycles. The van der Waals surface area contributed by atoms with Crippen LogP contribution in [0.5, 0.6) is 0 Å². The van der Waals surface area contributed by atoms with Gasteiger partial charge in [0, 0.05) is 12.6 Å². The van der Waals surface area contributed by atoms with Crippen LogP contribution in [0.4, 0.5) is 0 Å². The van der Waals surface area contributed by atoms with E-state index >= 15 is 0 Å². The third kappa shape index (κ3) is 4.83. The number of hydrogen-bond donors (Lipinski definition) is 2. The highest BCUT2D eigenvalue weighted by Crippen LogP contribution is 2.18. The SMILES string of the molecule is CC(C)CC(N)CNS(=O)(=O)C1CCS(=O)(=O)C1. The van der Waals surface area contributed by atoms with Gasteiger partial charge in [-0.15, -0.1) is 0 Å². The Kier molecular flexibility index (Phi) is 5.16. The minimum atomic E-state index is -3.57. The van der Waals surface area contributed by atoms with Gasteiger partial charge in [-0.1, -0.05) is 13.8 Å². The van der Waals surface area contributed by atoms with Crippen molar-refractivity contribution in [1.29, 1.82) is 0 Å². The van der Waals surface area contributed by atoms with Gasteiger partial charge >= 0.3 is 0 Å². The zero-order chi connectivity index (χ0) is 14.0. The number of sulfonamides is 1. The lowest BCUT2D eigenvalue weighted by Crippen LogP contribution is -2.42. The van der Waals surface area contributed by atoms with E-state index in [1.54, 1.807) is 0 Å². The van der Waals surface area contributed by atoms with Gasteiger partial charge in [0.25, 0.3) is 0 Å². The van der Waals surface area contributed by atoms with Crippen molar-refractivity contribution in [2.24, 2.45) is 11.7 Å². The van der Waals surface area contributed by atoms with Gasteiger partial charge in [-0.05, 0) is 18.8 Å². The highest BCUT2D eigenvalue weighted by Gasteiger charge is 2.37. The molecule has 0 aromatic carbocycles. The molecule has 0 aromatic heterocycles. The molecule has 0 saturated carbocycles. The van der Waals surface area contributed by atoms with Gasteiger partial charge < -0.3 is 5.73 Å². The van der Waals surface area contributed by atoms with Gasteiger partial charge in [0.15, 0.2) is 9.84 Å². The molecule has 1 fully saturated rings. The standard InChI is InChI=1S/C10H22N2O4S2/c1-8(2)5-9(11)6-12-18(15,16)10-3-4-17(13,14)7-10/h8-10,12H,3-7,11H2,1-2H3. The maximum absolute atomic E-state index is 11.9. The minimum Gasteiger partial charge on any atom is -0.327 e. The van der Waals surface area contributed by atoms with E-state index in [2.05, 4.69) is 4.72 Å². The van der Waals surface area contributed by atoms with Crippen LogP contribution in [-0.4, -0.2) is 46.2 Å². The van der Waals surface area contributed by atoms with Crippen molar-refractivity contribution >= 4 is 19.9 Å². The summed E-state index contributed by atoms with van der Waals surface area (Å²) in [6.07, 6.45) is 0.905. The summed E-state index contributed by atoms with van der Waals surface area (Å²) >= 11 is 0. The number of hydrogen-bond acceptors (Lipinski definition) is 5. The van der Waals surface area contributed by atoms with Crippen molar-refractivity contribution < 1.29 is 16.8 Å². The van der Waals surface area contributed by atoms with Crippen LogP contribution >= 0.6 is 0 Å². The van der Waals surface area contributed by atoms with Crippen LogP contribution in [0.3, 0.4) is 0 Å². The molecule has 8 heteroatoms. The normalized spacial score (nSPS) is 25.4. The maximum Gasteiger partial charge on any atom is 0.215 e.